The predicted octanol–water partition coefficient (Wildman–Crippen LogP) is 4.55. The Morgan fingerprint density at radius 1 is 0.971 bits per heavy atom. The summed E-state index contributed by atoms with van der Waals surface area (Å²) in [4.78, 5) is 26.6. The fraction of sp³-hybridized carbons (Fsp3) is 0.259. The Bertz CT molecular complexity index is 1120. The Morgan fingerprint density at radius 3 is 2.23 bits per heavy atom. The summed E-state index contributed by atoms with van der Waals surface area (Å²) >= 11 is 1.62. The minimum Gasteiger partial charge on any atom is -0.491 e. The van der Waals surface area contributed by atoms with E-state index >= 15 is 0 Å². The predicted molar refractivity (Wildman–Crippen MR) is 138 cm³/mol. The van der Waals surface area contributed by atoms with Gasteiger partial charge in [0.2, 0.25) is 0 Å². The Hall–Kier alpha value is -3.62. The summed E-state index contributed by atoms with van der Waals surface area (Å²) < 4.78 is 11.6. The standard InChI is InChI=1S/C27H30N2O5S/c1-18(2)33-22-10-6-20(7-11-22)17-24(27(32)28-14-15-30)29-26(31)21-8-12-23(13-9-21)34-19(3)25-5-4-16-35-25/h4-13,16-19,30H,14-15H2,1-3H3,(H,28,32)(H,29,31). The summed E-state index contributed by atoms with van der Waals surface area (Å²) in [5.41, 5.74) is 1.15. The van der Waals surface area contributed by atoms with Gasteiger partial charge < -0.3 is 25.2 Å². The summed E-state index contributed by atoms with van der Waals surface area (Å²) in [6.07, 6.45) is 1.52. The molecule has 1 unspecified atom stereocenters. The quantitative estimate of drug-likeness (QED) is 0.340. The van der Waals surface area contributed by atoms with E-state index < -0.39 is 11.8 Å². The van der Waals surface area contributed by atoms with Crippen molar-refractivity contribution in [2.45, 2.75) is 33.0 Å². The highest BCUT2D eigenvalue weighted by atomic mass is 32.1. The van der Waals surface area contributed by atoms with Crippen molar-refractivity contribution in [3.05, 3.63) is 87.7 Å². The topological polar surface area (TPSA) is 96.9 Å². The van der Waals surface area contributed by atoms with Gasteiger partial charge in [-0.2, -0.15) is 0 Å². The number of amides is 2. The molecule has 1 atom stereocenters. The Kier molecular flexibility index (Phi) is 9.46. The highest BCUT2D eigenvalue weighted by Crippen LogP contribution is 2.25. The van der Waals surface area contributed by atoms with Crippen LogP contribution in [0.3, 0.4) is 0 Å². The molecule has 3 aromatic rings. The third-order valence-electron chi connectivity index (χ3n) is 4.83. The first-order valence-electron chi connectivity index (χ1n) is 11.3. The molecule has 0 spiro atoms. The van der Waals surface area contributed by atoms with Crippen LogP contribution in [0.5, 0.6) is 11.5 Å². The van der Waals surface area contributed by atoms with Gasteiger partial charge in [0.05, 0.1) is 12.7 Å². The molecular weight excluding hydrogens is 464 g/mol. The van der Waals surface area contributed by atoms with Crippen LogP contribution in [0.25, 0.3) is 6.08 Å². The third kappa shape index (κ3) is 7.98. The first-order chi connectivity index (χ1) is 16.9. The van der Waals surface area contributed by atoms with Gasteiger partial charge in [-0.1, -0.05) is 18.2 Å². The molecule has 184 valence electrons. The molecule has 8 heteroatoms. The molecule has 35 heavy (non-hydrogen) atoms. The lowest BCUT2D eigenvalue weighted by molar-refractivity contribution is -0.117. The first kappa shape index (κ1) is 26.0. The molecule has 2 aromatic carbocycles. The van der Waals surface area contributed by atoms with E-state index in [9.17, 15) is 9.59 Å². The molecular formula is C27H30N2O5S. The molecule has 7 nitrogen and oxygen atoms in total. The number of rotatable bonds is 11. The van der Waals surface area contributed by atoms with E-state index in [1.165, 1.54) is 0 Å². The number of benzene rings is 2. The lowest BCUT2D eigenvalue weighted by atomic mass is 10.1. The molecule has 0 saturated heterocycles. The van der Waals surface area contributed by atoms with Gasteiger partial charge in [-0.25, -0.2) is 0 Å². The number of hydrogen-bond donors (Lipinski definition) is 3. The fourth-order valence-electron chi connectivity index (χ4n) is 3.17. The van der Waals surface area contributed by atoms with Crippen molar-refractivity contribution in [3.8, 4) is 11.5 Å². The molecule has 2 amide bonds. The average molecular weight is 495 g/mol. The molecule has 0 bridgehead atoms. The summed E-state index contributed by atoms with van der Waals surface area (Å²) in [5, 5.41) is 16.3. The zero-order chi connectivity index (χ0) is 25.2. The average Bonchev–Trinajstić information content (AvgIpc) is 3.38. The van der Waals surface area contributed by atoms with E-state index in [1.54, 1.807) is 65.9 Å². The van der Waals surface area contributed by atoms with Crippen LogP contribution in [-0.2, 0) is 4.79 Å². The number of aliphatic hydroxyl groups excluding tert-OH is 1. The van der Waals surface area contributed by atoms with Gasteiger partial charge in [0.25, 0.3) is 11.8 Å². The largest absolute Gasteiger partial charge is 0.491 e. The second-order valence-corrected chi connectivity index (χ2v) is 9.01. The molecule has 0 aliphatic carbocycles. The van der Waals surface area contributed by atoms with E-state index in [1.807, 2.05) is 38.3 Å². The Labute approximate surface area is 209 Å². The van der Waals surface area contributed by atoms with E-state index in [-0.39, 0.29) is 31.1 Å². The van der Waals surface area contributed by atoms with Crippen LogP contribution >= 0.6 is 11.3 Å². The lowest BCUT2D eigenvalue weighted by Gasteiger charge is -2.14. The van der Waals surface area contributed by atoms with Gasteiger partial charge in [-0.05, 0) is 80.3 Å². The normalized spacial score (nSPS) is 12.2. The number of ether oxygens (including phenoxy) is 2. The maximum Gasteiger partial charge on any atom is 0.267 e. The third-order valence-corrected chi connectivity index (χ3v) is 5.86. The SMILES string of the molecule is CC(C)Oc1ccc(C=C(NC(=O)c2ccc(OC(C)c3cccs3)cc2)C(=O)NCCO)cc1. The van der Waals surface area contributed by atoms with Gasteiger partial charge in [0.1, 0.15) is 23.3 Å². The molecule has 0 aliphatic heterocycles. The maximum atomic E-state index is 12.9. The number of carbonyl (C=O) groups is 2. The Balaban J connectivity index is 1.72. The van der Waals surface area contributed by atoms with Gasteiger partial charge in [0.15, 0.2) is 0 Å². The first-order valence-corrected chi connectivity index (χ1v) is 12.2. The van der Waals surface area contributed by atoms with Crippen molar-refractivity contribution in [1.29, 1.82) is 0 Å². The minimum absolute atomic E-state index is 0.0474. The van der Waals surface area contributed by atoms with Crippen LogP contribution in [0, 0.1) is 0 Å². The molecule has 0 radical (unpaired) electrons. The summed E-state index contributed by atoms with van der Waals surface area (Å²) in [7, 11) is 0. The minimum atomic E-state index is -0.500. The van der Waals surface area contributed by atoms with Crippen molar-refractivity contribution >= 4 is 29.2 Å². The molecule has 1 aromatic heterocycles. The van der Waals surface area contributed by atoms with E-state index in [4.69, 9.17) is 14.6 Å². The van der Waals surface area contributed by atoms with Crippen LogP contribution in [-0.4, -0.2) is 36.2 Å². The summed E-state index contributed by atoms with van der Waals surface area (Å²) in [5.74, 6) is 0.415. The Morgan fingerprint density at radius 2 is 1.63 bits per heavy atom. The van der Waals surface area contributed by atoms with Crippen molar-refractivity contribution in [2.75, 3.05) is 13.2 Å². The van der Waals surface area contributed by atoms with Gasteiger partial charge in [-0.15, -0.1) is 11.3 Å². The molecule has 0 fully saturated rings. The number of nitrogens with one attached hydrogen (secondary N) is 2. The smallest absolute Gasteiger partial charge is 0.267 e. The molecule has 3 rings (SSSR count). The monoisotopic (exact) mass is 494 g/mol. The van der Waals surface area contributed by atoms with E-state index in [0.717, 1.165) is 4.88 Å². The molecule has 1 heterocycles. The van der Waals surface area contributed by atoms with Gasteiger partial charge >= 0.3 is 0 Å². The zero-order valence-corrected chi connectivity index (χ0v) is 20.8. The second-order valence-electron chi connectivity index (χ2n) is 8.03. The van der Waals surface area contributed by atoms with Crippen molar-refractivity contribution in [2.24, 2.45) is 0 Å². The van der Waals surface area contributed by atoms with Crippen molar-refractivity contribution in [1.82, 2.24) is 10.6 Å². The van der Waals surface area contributed by atoms with Gasteiger partial charge in [-0.3, -0.25) is 9.59 Å². The van der Waals surface area contributed by atoms with Crippen LogP contribution < -0.4 is 20.1 Å². The van der Waals surface area contributed by atoms with Crippen LogP contribution in [0.2, 0.25) is 0 Å². The van der Waals surface area contributed by atoms with E-state index in [2.05, 4.69) is 10.6 Å². The van der Waals surface area contributed by atoms with Crippen molar-refractivity contribution in [3.63, 3.8) is 0 Å². The number of carbonyl (C=O) groups excluding carboxylic acids is 2. The highest BCUT2D eigenvalue weighted by molar-refractivity contribution is 7.10. The van der Waals surface area contributed by atoms with Crippen LogP contribution in [0.15, 0.2) is 71.7 Å². The molecule has 0 saturated carbocycles. The maximum absolute atomic E-state index is 12.9. The van der Waals surface area contributed by atoms with Gasteiger partial charge in [0, 0.05) is 17.0 Å². The second kappa shape index (κ2) is 12.7. The summed E-state index contributed by atoms with van der Waals surface area (Å²) in [6, 6.07) is 17.9. The highest BCUT2D eigenvalue weighted by Gasteiger charge is 2.15. The van der Waals surface area contributed by atoms with Crippen LogP contribution in [0.1, 0.15) is 47.7 Å². The summed E-state index contributed by atoms with van der Waals surface area (Å²) in [6.45, 7) is 5.71. The van der Waals surface area contributed by atoms with Crippen molar-refractivity contribution < 1.29 is 24.2 Å². The van der Waals surface area contributed by atoms with Crippen LogP contribution in [0.4, 0.5) is 0 Å². The number of aliphatic hydroxyl groups is 1. The lowest BCUT2D eigenvalue weighted by Crippen LogP contribution is -2.36. The van der Waals surface area contributed by atoms with E-state index in [0.29, 0.717) is 22.6 Å². The zero-order valence-electron chi connectivity index (χ0n) is 20.0. The number of hydrogen-bond acceptors (Lipinski definition) is 6. The molecule has 0 aliphatic rings. The fourth-order valence-corrected chi connectivity index (χ4v) is 3.88. The molecule has 3 N–H and O–H groups in total. The number of thiophene rings is 1.